The summed E-state index contributed by atoms with van der Waals surface area (Å²) in [6, 6.07) is 0. The van der Waals surface area contributed by atoms with Gasteiger partial charge in [-0.15, -0.1) is 0 Å². The first-order chi connectivity index (χ1) is 3.89. The molecule has 0 aromatic carbocycles. The molecule has 0 spiro atoms. The number of β-amino-alcohol motifs (C(OH)–C–C–N with tert-alkyl or cyclic N) is 1. The van der Waals surface area contributed by atoms with Crippen molar-refractivity contribution in [3.8, 4) is 0 Å². The fourth-order valence-corrected chi connectivity index (χ4v) is 1.54. The lowest BCUT2D eigenvalue weighted by Gasteiger charge is -2.02. The smallest absolute Gasteiger partial charge is 0.0754 e. The van der Waals surface area contributed by atoms with Crippen LogP contribution in [0.2, 0.25) is 0 Å². The maximum atomic E-state index is 9.01. The minimum Gasteiger partial charge on any atom is -0.391 e. The van der Waals surface area contributed by atoms with Gasteiger partial charge in [-0.1, -0.05) is 0 Å². The van der Waals surface area contributed by atoms with Crippen LogP contribution < -0.4 is 5.32 Å². The number of aliphatic hydroxyl groups excluding tert-OH is 1. The minimum atomic E-state index is -0.123. The van der Waals surface area contributed by atoms with Gasteiger partial charge in [0.15, 0.2) is 0 Å². The second-order valence-corrected chi connectivity index (χ2v) is 3.08. The van der Waals surface area contributed by atoms with E-state index in [1.165, 1.54) is 0 Å². The topological polar surface area (TPSA) is 32.3 Å². The molecule has 1 rings (SSSR count). The van der Waals surface area contributed by atoms with Crippen LogP contribution in [-0.4, -0.2) is 35.8 Å². The van der Waals surface area contributed by atoms with Crippen LogP contribution in [0.15, 0.2) is 0 Å². The fourth-order valence-electron chi connectivity index (χ4n) is 0.691. The Bertz CT molecular complexity index is 61.4. The number of hydrogen-bond donors (Lipinski definition) is 2. The highest BCUT2D eigenvalue weighted by molar-refractivity contribution is 7.99. The predicted molar refractivity (Wildman–Crippen MR) is 36.2 cm³/mol. The zero-order chi connectivity index (χ0) is 5.82. The van der Waals surface area contributed by atoms with Crippen molar-refractivity contribution in [2.45, 2.75) is 6.10 Å². The van der Waals surface area contributed by atoms with Gasteiger partial charge in [-0.3, -0.25) is 0 Å². The van der Waals surface area contributed by atoms with Gasteiger partial charge in [-0.05, 0) is 0 Å². The minimum absolute atomic E-state index is 0.123. The molecule has 1 aliphatic rings. The molecular formula is C5H11NOS. The first-order valence-electron chi connectivity index (χ1n) is 2.86. The molecule has 2 nitrogen and oxygen atoms in total. The Hall–Kier alpha value is 0.270. The lowest BCUT2D eigenvalue weighted by Crippen LogP contribution is -2.26. The van der Waals surface area contributed by atoms with Gasteiger partial charge in [0.2, 0.25) is 0 Å². The van der Waals surface area contributed by atoms with Crippen molar-refractivity contribution in [2.75, 3.05) is 24.6 Å². The second kappa shape index (κ2) is 3.33. The predicted octanol–water partition coefficient (Wildman–Crippen LogP) is -0.316. The Balaban J connectivity index is 2.17. The Morgan fingerprint density at radius 2 is 2.50 bits per heavy atom. The van der Waals surface area contributed by atoms with E-state index in [0.717, 1.165) is 24.6 Å². The molecule has 48 valence electrons. The number of hydrogen-bond acceptors (Lipinski definition) is 3. The van der Waals surface area contributed by atoms with Crippen LogP contribution >= 0.6 is 11.8 Å². The van der Waals surface area contributed by atoms with E-state index in [4.69, 9.17) is 5.11 Å². The van der Waals surface area contributed by atoms with Gasteiger partial charge < -0.3 is 10.4 Å². The van der Waals surface area contributed by atoms with Crippen LogP contribution in [0.25, 0.3) is 0 Å². The van der Waals surface area contributed by atoms with Crippen LogP contribution in [0.3, 0.4) is 0 Å². The number of thioether (sulfide) groups is 1. The van der Waals surface area contributed by atoms with Gasteiger partial charge in [0.25, 0.3) is 0 Å². The molecule has 0 bridgehead atoms. The lowest BCUT2D eigenvalue weighted by atomic mass is 10.4. The Labute approximate surface area is 53.7 Å². The zero-order valence-corrected chi connectivity index (χ0v) is 5.58. The second-order valence-electron chi connectivity index (χ2n) is 1.93. The van der Waals surface area contributed by atoms with Gasteiger partial charge in [0.05, 0.1) is 6.10 Å². The molecule has 8 heavy (non-hydrogen) atoms. The standard InChI is InChI=1S/C5H11NOS/c7-5-3-6-1-2-8-4-5/h5-7H,1-4H2. The van der Waals surface area contributed by atoms with Crippen LogP contribution in [0, 0.1) is 0 Å². The summed E-state index contributed by atoms with van der Waals surface area (Å²) in [7, 11) is 0. The molecule has 0 radical (unpaired) electrons. The molecule has 0 saturated carbocycles. The van der Waals surface area contributed by atoms with E-state index < -0.39 is 0 Å². The molecule has 1 heterocycles. The van der Waals surface area contributed by atoms with Gasteiger partial charge in [-0.2, -0.15) is 11.8 Å². The van der Waals surface area contributed by atoms with E-state index >= 15 is 0 Å². The van der Waals surface area contributed by atoms with Crippen molar-refractivity contribution in [3.63, 3.8) is 0 Å². The van der Waals surface area contributed by atoms with E-state index in [1.54, 1.807) is 0 Å². The maximum absolute atomic E-state index is 9.01. The van der Waals surface area contributed by atoms with Crippen LogP contribution in [-0.2, 0) is 0 Å². The van der Waals surface area contributed by atoms with E-state index in [1.807, 2.05) is 11.8 Å². The van der Waals surface area contributed by atoms with Gasteiger partial charge in [0, 0.05) is 24.6 Å². The number of rotatable bonds is 0. The Morgan fingerprint density at radius 3 is 3.38 bits per heavy atom. The van der Waals surface area contributed by atoms with E-state index in [0.29, 0.717) is 0 Å². The number of nitrogens with one attached hydrogen (secondary N) is 1. The van der Waals surface area contributed by atoms with Crippen molar-refractivity contribution in [2.24, 2.45) is 0 Å². The van der Waals surface area contributed by atoms with Crippen molar-refractivity contribution in [3.05, 3.63) is 0 Å². The fraction of sp³-hybridized carbons (Fsp3) is 1.00. The summed E-state index contributed by atoms with van der Waals surface area (Å²) in [6.07, 6.45) is -0.123. The Kier molecular flexibility index (Phi) is 2.66. The van der Waals surface area contributed by atoms with Crippen molar-refractivity contribution in [1.29, 1.82) is 0 Å². The summed E-state index contributed by atoms with van der Waals surface area (Å²) < 4.78 is 0. The van der Waals surface area contributed by atoms with Crippen molar-refractivity contribution >= 4 is 11.8 Å². The molecular weight excluding hydrogens is 122 g/mol. The third-order valence-corrected chi connectivity index (χ3v) is 2.23. The molecule has 2 N–H and O–H groups in total. The third-order valence-electron chi connectivity index (χ3n) is 1.11. The third kappa shape index (κ3) is 2.03. The molecule has 1 aliphatic heterocycles. The maximum Gasteiger partial charge on any atom is 0.0754 e. The molecule has 1 atom stereocenters. The highest BCUT2D eigenvalue weighted by atomic mass is 32.2. The van der Waals surface area contributed by atoms with E-state index in [-0.39, 0.29) is 6.10 Å². The van der Waals surface area contributed by atoms with Gasteiger partial charge in [0.1, 0.15) is 0 Å². The lowest BCUT2D eigenvalue weighted by molar-refractivity contribution is 0.199. The quantitative estimate of drug-likeness (QED) is 0.475. The van der Waals surface area contributed by atoms with Crippen LogP contribution in [0.1, 0.15) is 0 Å². The average molecular weight is 133 g/mol. The van der Waals surface area contributed by atoms with E-state index in [2.05, 4.69) is 5.32 Å². The summed E-state index contributed by atoms with van der Waals surface area (Å²) in [4.78, 5) is 0. The normalized spacial score (nSPS) is 31.9. The highest BCUT2D eigenvalue weighted by Crippen LogP contribution is 2.03. The molecule has 3 heteroatoms. The summed E-state index contributed by atoms with van der Waals surface area (Å²) in [5.74, 6) is 2.03. The van der Waals surface area contributed by atoms with Crippen LogP contribution in [0.5, 0.6) is 0 Å². The molecule has 0 aromatic heterocycles. The summed E-state index contributed by atoms with van der Waals surface area (Å²) in [5.41, 5.74) is 0. The summed E-state index contributed by atoms with van der Waals surface area (Å²) >= 11 is 1.81. The zero-order valence-electron chi connectivity index (χ0n) is 4.76. The highest BCUT2D eigenvalue weighted by Gasteiger charge is 2.06. The van der Waals surface area contributed by atoms with Gasteiger partial charge in [-0.25, -0.2) is 0 Å². The van der Waals surface area contributed by atoms with Crippen molar-refractivity contribution in [1.82, 2.24) is 5.32 Å². The van der Waals surface area contributed by atoms with Crippen molar-refractivity contribution < 1.29 is 5.11 Å². The monoisotopic (exact) mass is 133 g/mol. The molecule has 0 aliphatic carbocycles. The first kappa shape index (κ1) is 6.39. The van der Waals surface area contributed by atoms with Crippen LogP contribution in [0.4, 0.5) is 0 Å². The Morgan fingerprint density at radius 1 is 1.62 bits per heavy atom. The first-order valence-corrected chi connectivity index (χ1v) is 4.01. The summed E-state index contributed by atoms with van der Waals surface area (Å²) in [5, 5.41) is 12.1. The average Bonchev–Trinajstić information content (AvgIpc) is 1.94. The summed E-state index contributed by atoms with van der Waals surface area (Å²) in [6.45, 7) is 1.81. The van der Waals surface area contributed by atoms with E-state index in [9.17, 15) is 0 Å². The van der Waals surface area contributed by atoms with Gasteiger partial charge >= 0.3 is 0 Å². The molecule has 1 unspecified atom stereocenters. The number of aliphatic hydroxyl groups is 1. The largest absolute Gasteiger partial charge is 0.391 e. The SMILES string of the molecule is OC1CNCCSC1. The molecule has 0 amide bonds. The molecule has 1 fully saturated rings. The molecule has 1 saturated heterocycles. The molecule has 0 aromatic rings.